The predicted octanol–water partition coefficient (Wildman–Crippen LogP) is 1.61. The maximum Gasteiger partial charge on any atom is 0.305 e. The first kappa shape index (κ1) is 15.8. The highest BCUT2D eigenvalue weighted by atomic mass is 16.5. The average molecular weight is 281 g/mol. The van der Waals surface area contributed by atoms with Crippen molar-refractivity contribution in [1.29, 1.82) is 0 Å². The van der Waals surface area contributed by atoms with E-state index in [4.69, 9.17) is 14.6 Å². The molecule has 1 amide bonds. The number of nitrogens with one attached hydrogen (secondary N) is 1. The summed E-state index contributed by atoms with van der Waals surface area (Å²) in [6, 6.07) is 2.74. The van der Waals surface area contributed by atoms with Crippen LogP contribution in [0.25, 0.3) is 0 Å². The van der Waals surface area contributed by atoms with E-state index in [9.17, 15) is 9.59 Å². The van der Waals surface area contributed by atoms with Crippen molar-refractivity contribution in [3.63, 3.8) is 0 Å². The van der Waals surface area contributed by atoms with Gasteiger partial charge in [-0.25, -0.2) is 0 Å². The first-order valence-corrected chi connectivity index (χ1v) is 6.14. The number of carbonyl (C=O) groups excluding carboxylic acids is 1. The number of methoxy groups -OCH3 is 2. The lowest BCUT2D eigenvalue weighted by Crippen LogP contribution is -2.34. The summed E-state index contributed by atoms with van der Waals surface area (Å²) in [6.07, 6.45) is -0.133. The number of rotatable bonds is 6. The van der Waals surface area contributed by atoms with E-state index in [1.807, 2.05) is 6.92 Å². The zero-order valence-corrected chi connectivity index (χ0v) is 12.0. The molecule has 0 spiro atoms. The van der Waals surface area contributed by atoms with E-state index < -0.39 is 12.0 Å². The monoisotopic (exact) mass is 281 g/mol. The van der Waals surface area contributed by atoms with Gasteiger partial charge in [-0.2, -0.15) is 0 Å². The van der Waals surface area contributed by atoms with Gasteiger partial charge < -0.3 is 19.9 Å². The summed E-state index contributed by atoms with van der Waals surface area (Å²) in [5.41, 5.74) is 1.16. The Morgan fingerprint density at radius 1 is 1.25 bits per heavy atom. The van der Waals surface area contributed by atoms with Gasteiger partial charge in [0.1, 0.15) is 11.5 Å². The number of aliphatic carboxylic acids is 1. The molecule has 1 rings (SSSR count). The molecule has 0 aliphatic heterocycles. The molecule has 0 saturated carbocycles. The van der Waals surface area contributed by atoms with E-state index >= 15 is 0 Å². The molecular formula is C14H19NO5. The van der Waals surface area contributed by atoms with Crippen LogP contribution in [0, 0.1) is 6.92 Å². The second-order valence-corrected chi connectivity index (χ2v) is 4.48. The highest BCUT2D eigenvalue weighted by Gasteiger charge is 2.16. The van der Waals surface area contributed by atoms with Gasteiger partial charge in [0, 0.05) is 17.2 Å². The fraction of sp³-hybridized carbons (Fsp3) is 0.429. The molecule has 1 atom stereocenters. The van der Waals surface area contributed by atoms with Gasteiger partial charge in [0.25, 0.3) is 5.91 Å². The fourth-order valence-corrected chi connectivity index (χ4v) is 1.84. The Balaban J connectivity index is 2.95. The standard InChI is InChI=1S/C14H19NO5/c1-8(5-13(16)17)15-14(18)10-6-11(19-3)9(2)12(7-10)20-4/h6-8H,5H2,1-4H3,(H,15,18)(H,16,17). The van der Waals surface area contributed by atoms with Gasteiger partial charge in [-0.1, -0.05) is 0 Å². The summed E-state index contributed by atoms with van der Waals surface area (Å²) in [5.74, 6) is -0.243. The Morgan fingerprint density at radius 2 is 1.75 bits per heavy atom. The van der Waals surface area contributed by atoms with Gasteiger partial charge in [-0.05, 0) is 26.0 Å². The second kappa shape index (κ2) is 6.79. The molecule has 110 valence electrons. The maximum atomic E-state index is 12.1. The minimum Gasteiger partial charge on any atom is -0.496 e. The SMILES string of the molecule is COc1cc(C(=O)NC(C)CC(=O)O)cc(OC)c1C. The van der Waals surface area contributed by atoms with Crippen LogP contribution in [-0.2, 0) is 4.79 Å². The lowest BCUT2D eigenvalue weighted by molar-refractivity contribution is -0.137. The van der Waals surface area contributed by atoms with Crippen LogP contribution in [0.4, 0.5) is 0 Å². The first-order chi connectivity index (χ1) is 9.38. The van der Waals surface area contributed by atoms with E-state index in [1.165, 1.54) is 14.2 Å². The van der Waals surface area contributed by atoms with Crippen LogP contribution in [0.2, 0.25) is 0 Å². The minimum atomic E-state index is -0.961. The number of ether oxygens (including phenoxy) is 2. The molecule has 0 saturated heterocycles. The van der Waals surface area contributed by atoms with Crippen LogP contribution in [-0.4, -0.2) is 37.2 Å². The molecule has 0 heterocycles. The van der Waals surface area contributed by atoms with Crippen LogP contribution >= 0.6 is 0 Å². The number of carbonyl (C=O) groups is 2. The molecule has 1 unspecified atom stereocenters. The fourth-order valence-electron chi connectivity index (χ4n) is 1.84. The minimum absolute atomic E-state index is 0.133. The highest BCUT2D eigenvalue weighted by Crippen LogP contribution is 2.29. The molecule has 0 radical (unpaired) electrons. The number of carboxylic acids is 1. The van der Waals surface area contributed by atoms with Gasteiger partial charge in [-0.3, -0.25) is 9.59 Å². The third kappa shape index (κ3) is 3.88. The Bertz CT molecular complexity index is 487. The van der Waals surface area contributed by atoms with E-state index in [1.54, 1.807) is 19.1 Å². The molecule has 1 aromatic carbocycles. The number of carboxylic acid groups (broad SMARTS) is 1. The number of amides is 1. The van der Waals surface area contributed by atoms with Crippen molar-refractivity contribution in [2.75, 3.05) is 14.2 Å². The zero-order chi connectivity index (χ0) is 15.3. The first-order valence-electron chi connectivity index (χ1n) is 6.14. The summed E-state index contributed by atoms with van der Waals surface area (Å²) in [7, 11) is 3.02. The van der Waals surface area contributed by atoms with Gasteiger partial charge in [0.2, 0.25) is 0 Å². The molecule has 0 aliphatic carbocycles. The molecule has 0 fully saturated rings. The summed E-state index contributed by atoms with van der Waals surface area (Å²) in [4.78, 5) is 22.7. The molecule has 6 nitrogen and oxygen atoms in total. The summed E-state index contributed by atoms with van der Waals surface area (Å²) in [5, 5.41) is 11.3. The topological polar surface area (TPSA) is 84.9 Å². The molecule has 2 N–H and O–H groups in total. The molecule has 0 bridgehead atoms. The third-order valence-corrected chi connectivity index (χ3v) is 2.87. The van der Waals surface area contributed by atoms with E-state index in [0.29, 0.717) is 17.1 Å². The van der Waals surface area contributed by atoms with Crippen molar-refractivity contribution in [3.8, 4) is 11.5 Å². The van der Waals surface area contributed by atoms with E-state index in [-0.39, 0.29) is 12.3 Å². The van der Waals surface area contributed by atoms with Crippen molar-refractivity contribution < 1.29 is 24.2 Å². The predicted molar refractivity (Wildman–Crippen MR) is 73.5 cm³/mol. The molecular weight excluding hydrogens is 262 g/mol. The Labute approximate surface area is 117 Å². The lowest BCUT2D eigenvalue weighted by Gasteiger charge is -2.15. The quantitative estimate of drug-likeness (QED) is 0.827. The van der Waals surface area contributed by atoms with Gasteiger partial charge in [0.15, 0.2) is 0 Å². The summed E-state index contributed by atoms with van der Waals surface area (Å²) < 4.78 is 10.4. The number of hydrogen-bond donors (Lipinski definition) is 2. The van der Waals surface area contributed by atoms with Crippen LogP contribution < -0.4 is 14.8 Å². The van der Waals surface area contributed by atoms with Gasteiger partial charge >= 0.3 is 5.97 Å². The molecule has 6 heteroatoms. The Kier molecular flexibility index (Phi) is 5.37. The van der Waals surface area contributed by atoms with E-state index in [2.05, 4.69) is 5.32 Å². The van der Waals surface area contributed by atoms with Gasteiger partial charge in [-0.15, -0.1) is 0 Å². The van der Waals surface area contributed by atoms with Crippen molar-refractivity contribution >= 4 is 11.9 Å². The third-order valence-electron chi connectivity index (χ3n) is 2.87. The van der Waals surface area contributed by atoms with Crippen molar-refractivity contribution in [3.05, 3.63) is 23.3 Å². The van der Waals surface area contributed by atoms with Crippen molar-refractivity contribution in [2.45, 2.75) is 26.3 Å². The molecule has 1 aromatic rings. The van der Waals surface area contributed by atoms with Crippen LogP contribution in [0.15, 0.2) is 12.1 Å². The highest BCUT2D eigenvalue weighted by molar-refractivity contribution is 5.95. The Morgan fingerprint density at radius 3 is 2.15 bits per heavy atom. The van der Waals surface area contributed by atoms with Crippen molar-refractivity contribution in [2.24, 2.45) is 0 Å². The molecule has 0 aromatic heterocycles. The zero-order valence-electron chi connectivity index (χ0n) is 12.0. The Hall–Kier alpha value is -2.24. The summed E-state index contributed by atoms with van der Waals surface area (Å²) in [6.45, 7) is 3.46. The van der Waals surface area contributed by atoms with Crippen LogP contribution in [0.3, 0.4) is 0 Å². The normalized spacial score (nSPS) is 11.6. The van der Waals surface area contributed by atoms with E-state index in [0.717, 1.165) is 5.56 Å². The molecule has 0 aliphatic rings. The number of hydrogen-bond acceptors (Lipinski definition) is 4. The largest absolute Gasteiger partial charge is 0.496 e. The van der Waals surface area contributed by atoms with Crippen molar-refractivity contribution in [1.82, 2.24) is 5.32 Å². The van der Waals surface area contributed by atoms with Gasteiger partial charge in [0.05, 0.1) is 20.6 Å². The molecule has 20 heavy (non-hydrogen) atoms. The smallest absolute Gasteiger partial charge is 0.305 e. The maximum absolute atomic E-state index is 12.1. The summed E-state index contributed by atoms with van der Waals surface area (Å²) >= 11 is 0. The lowest BCUT2D eigenvalue weighted by atomic mass is 10.1. The average Bonchev–Trinajstić information content (AvgIpc) is 2.37. The van der Waals surface area contributed by atoms with Crippen LogP contribution in [0.1, 0.15) is 29.3 Å². The van der Waals surface area contributed by atoms with Crippen LogP contribution in [0.5, 0.6) is 11.5 Å². The number of benzene rings is 1. The second-order valence-electron chi connectivity index (χ2n) is 4.48.